The van der Waals surface area contributed by atoms with E-state index in [2.05, 4.69) is 4.72 Å². The highest BCUT2D eigenvalue weighted by Crippen LogP contribution is 2.20. The highest BCUT2D eigenvalue weighted by Gasteiger charge is 2.16. The Bertz CT molecular complexity index is 835. The Hall–Kier alpha value is -1.89. The quantitative estimate of drug-likeness (QED) is 0.661. The second kappa shape index (κ2) is 9.71. The summed E-state index contributed by atoms with van der Waals surface area (Å²) in [7, 11) is -3.63. The average molecular weight is 396 g/mol. The van der Waals surface area contributed by atoms with E-state index >= 15 is 0 Å². The summed E-state index contributed by atoms with van der Waals surface area (Å²) in [5.74, 6) is -0.203. The molecule has 7 heteroatoms. The van der Waals surface area contributed by atoms with Crippen LogP contribution >= 0.6 is 11.6 Å². The number of halogens is 1. The van der Waals surface area contributed by atoms with Crippen molar-refractivity contribution in [3.8, 4) is 0 Å². The first-order valence-corrected chi connectivity index (χ1v) is 10.3. The molecule has 0 spiro atoms. The zero-order chi connectivity index (χ0) is 19.0. The number of hydrogen-bond donors (Lipinski definition) is 1. The van der Waals surface area contributed by atoms with Crippen LogP contribution in [0.3, 0.4) is 0 Å². The Morgan fingerprint density at radius 3 is 2.27 bits per heavy atom. The fourth-order valence-electron chi connectivity index (χ4n) is 2.42. The van der Waals surface area contributed by atoms with Gasteiger partial charge in [-0.15, -0.1) is 0 Å². The first-order valence-electron chi connectivity index (χ1n) is 8.40. The lowest BCUT2D eigenvalue weighted by molar-refractivity contribution is -0.143. The molecule has 0 aliphatic carbocycles. The fraction of sp³-hybridized carbons (Fsp3) is 0.316. The lowest BCUT2D eigenvalue weighted by Gasteiger charge is -2.09. The largest absolute Gasteiger partial charge is 0.466 e. The SMILES string of the molecule is CCOC(=O)CCc1ccc(CCNS(=O)(=O)c2ccccc2Cl)cc1. The molecule has 0 saturated carbocycles. The van der Waals surface area contributed by atoms with Gasteiger partial charge < -0.3 is 4.74 Å². The smallest absolute Gasteiger partial charge is 0.306 e. The molecule has 0 fully saturated rings. The summed E-state index contributed by atoms with van der Waals surface area (Å²) in [5.41, 5.74) is 2.05. The Labute approximate surface area is 159 Å². The first kappa shape index (κ1) is 20.4. The number of rotatable bonds is 9. The summed E-state index contributed by atoms with van der Waals surface area (Å²) >= 11 is 5.94. The van der Waals surface area contributed by atoms with Gasteiger partial charge in [-0.05, 0) is 43.0 Å². The number of nitrogens with one attached hydrogen (secondary N) is 1. The first-order chi connectivity index (χ1) is 12.4. The summed E-state index contributed by atoms with van der Waals surface area (Å²) in [6.07, 6.45) is 1.53. The minimum Gasteiger partial charge on any atom is -0.466 e. The van der Waals surface area contributed by atoms with Gasteiger partial charge in [-0.3, -0.25) is 4.79 Å². The molecule has 0 bridgehead atoms. The molecule has 0 unspecified atom stereocenters. The van der Waals surface area contributed by atoms with Crippen LogP contribution in [0.25, 0.3) is 0 Å². The van der Waals surface area contributed by atoms with Gasteiger partial charge in [0.15, 0.2) is 0 Å². The van der Waals surface area contributed by atoms with Crippen molar-refractivity contribution in [2.75, 3.05) is 13.2 Å². The van der Waals surface area contributed by atoms with Crippen LogP contribution < -0.4 is 4.72 Å². The van der Waals surface area contributed by atoms with E-state index in [1.165, 1.54) is 6.07 Å². The summed E-state index contributed by atoms with van der Waals surface area (Å²) < 4.78 is 32.0. The summed E-state index contributed by atoms with van der Waals surface area (Å²) in [5, 5.41) is 0.200. The molecular weight excluding hydrogens is 374 g/mol. The van der Waals surface area contributed by atoms with Crippen LogP contribution in [0.15, 0.2) is 53.4 Å². The molecular formula is C19H22ClNO4S. The van der Waals surface area contributed by atoms with E-state index in [9.17, 15) is 13.2 Å². The van der Waals surface area contributed by atoms with E-state index in [-0.39, 0.29) is 22.4 Å². The van der Waals surface area contributed by atoms with E-state index in [4.69, 9.17) is 16.3 Å². The van der Waals surface area contributed by atoms with Gasteiger partial charge in [0.25, 0.3) is 0 Å². The maximum Gasteiger partial charge on any atom is 0.306 e. The number of aryl methyl sites for hydroxylation is 1. The number of carbonyl (C=O) groups is 1. The average Bonchev–Trinajstić information content (AvgIpc) is 2.61. The second-order valence-corrected chi connectivity index (χ2v) is 7.84. The number of carbonyl (C=O) groups excluding carboxylic acids is 1. The lowest BCUT2D eigenvalue weighted by atomic mass is 10.1. The van der Waals surface area contributed by atoms with E-state index in [1.807, 2.05) is 24.3 Å². The van der Waals surface area contributed by atoms with Gasteiger partial charge in [0.1, 0.15) is 4.90 Å². The molecule has 2 aromatic carbocycles. The van der Waals surface area contributed by atoms with Crippen LogP contribution in [0.1, 0.15) is 24.5 Å². The van der Waals surface area contributed by atoms with Crippen molar-refractivity contribution < 1.29 is 17.9 Å². The molecule has 0 amide bonds. The minimum absolute atomic E-state index is 0.0796. The predicted molar refractivity (Wildman–Crippen MR) is 102 cm³/mol. The molecule has 1 N–H and O–H groups in total. The van der Waals surface area contributed by atoms with Crippen molar-refractivity contribution >= 4 is 27.6 Å². The zero-order valence-electron chi connectivity index (χ0n) is 14.6. The van der Waals surface area contributed by atoms with Gasteiger partial charge >= 0.3 is 5.97 Å². The van der Waals surface area contributed by atoms with Gasteiger partial charge in [0, 0.05) is 13.0 Å². The Kier molecular flexibility index (Phi) is 7.63. The third-order valence-corrected chi connectivity index (χ3v) is 5.74. The Morgan fingerprint density at radius 2 is 1.65 bits per heavy atom. The van der Waals surface area contributed by atoms with Gasteiger partial charge in [-0.1, -0.05) is 48.0 Å². The zero-order valence-corrected chi connectivity index (χ0v) is 16.1. The maximum atomic E-state index is 12.3. The van der Waals surface area contributed by atoms with Crippen LogP contribution in [0.4, 0.5) is 0 Å². The molecule has 2 rings (SSSR count). The number of sulfonamides is 1. The Morgan fingerprint density at radius 1 is 1.04 bits per heavy atom. The van der Waals surface area contributed by atoms with Crippen LogP contribution in [0, 0.1) is 0 Å². The van der Waals surface area contributed by atoms with Gasteiger partial charge in [-0.2, -0.15) is 0 Å². The van der Waals surface area contributed by atoms with Crippen molar-refractivity contribution in [3.05, 3.63) is 64.7 Å². The molecule has 0 heterocycles. The van der Waals surface area contributed by atoms with Gasteiger partial charge in [0.2, 0.25) is 10.0 Å². The lowest BCUT2D eigenvalue weighted by Crippen LogP contribution is -2.26. The summed E-state index contributed by atoms with van der Waals surface area (Å²) in [6, 6.07) is 14.1. The van der Waals surface area contributed by atoms with E-state index < -0.39 is 10.0 Å². The van der Waals surface area contributed by atoms with E-state index in [0.717, 1.165) is 11.1 Å². The van der Waals surface area contributed by atoms with Crippen molar-refractivity contribution in [3.63, 3.8) is 0 Å². The molecule has 0 saturated heterocycles. The second-order valence-electron chi connectivity index (χ2n) is 5.70. The number of benzene rings is 2. The third kappa shape index (κ3) is 6.12. The normalized spacial score (nSPS) is 11.3. The van der Waals surface area contributed by atoms with Crippen molar-refractivity contribution in [1.29, 1.82) is 0 Å². The number of ether oxygens (including phenoxy) is 1. The van der Waals surface area contributed by atoms with Crippen LogP contribution in [-0.2, 0) is 32.4 Å². The highest BCUT2D eigenvalue weighted by molar-refractivity contribution is 7.89. The van der Waals surface area contributed by atoms with Crippen molar-refractivity contribution in [1.82, 2.24) is 4.72 Å². The fourth-order valence-corrected chi connectivity index (χ4v) is 3.97. The standard InChI is InChI=1S/C19H22ClNO4S/c1-2-25-19(22)12-11-15-7-9-16(10-8-15)13-14-21-26(23,24)18-6-4-3-5-17(18)20/h3-10,21H,2,11-14H2,1H3. The summed E-state index contributed by atoms with van der Waals surface area (Å²) in [4.78, 5) is 11.4. The van der Waals surface area contributed by atoms with Crippen molar-refractivity contribution in [2.24, 2.45) is 0 Å². The van der Waals surface area contributed by atoms with Crippen molar-refractivity contribution in [2.45, 2.75) is 31.1 Å². The van der Waals surface area contributed by atoms with Crippen LogP contribution in [0.2, 0.25) is 5.02 Å². The minimum atomic E-state index is -3.63. The molecule has 26 heavy (non-hydrogen) atoms. The van der Waals surface area contributed by atoms with Crippen LogP contribution in [-0.4, -0.2) is 27.5 Å². The predicted octanol–water partition coefficient (Wildman–Crippen LogP) is 3.36. The molecule has 0 radical (unpaired) electrons. The molecule has 0 aliphatic heterocycles. The van der Waals surface area contributed by atoms with Gasteiger partial charge in [-0.25, -0.2) is 13.1 Å². The van der Waals surface area contributed by atoms with Crippen LogP contribution in [0.5, 0.6) is 0 Å². The monoisotopic (exact) mass is 395 g/mol. The van der Waals surface area contributed by atoms with Gasteiger partial charge in [0.05, 0.1) is 11.6 Å². The summed E-state index contributed by atoms with van der Waals surface area (Å²) in [6.45, 7) is 2.45. The molecule has 5 nitrogen and oxygen atoms in total. The van der Waals surface area contributed by atoms with E-state index in [0.29, 0.717) is 25.9 Å². The number of hydrogen-bond acceptors (Lipinski definition) is 4. The highest BCUT2D eigenvalue weighted by atomic mass is 35.5. The third-order valence-electron chi connectivity index (χ3n) is 3.78. The molecule has 140 valence electrons. The molecule has 0 atom stereocenters. The molecule has 2 aromatic rings. The molecule has 0 aliphatic rings. The maximum absolute atomic E-state index is 12.3. The topological polar surface area (TPSA) is 72.5 Å². The molecule has 0 aromatic heterocycles. The van der Waals surface area contributed by atoms with E-state index in [1.54, 1.807) is 25.1 Å². The number of esters is 1. The Balaban J connectivity index is 1.84.